The summed E-state index contributed by atoms with van der Waals surface area (Å²) in [6, 6.07) is 1.59. The molecule has 0 aliphatic carbocycles. The monoisotopic (exact) mass is 197 g/mol. The summed E-state index contributed by atoms with van der Waals surface area (Å²) in [5, 5.41) is 2.48. The number of hydrogen-bond acceptors (Lipinski definition) is 4. The standard InChI is InChI=1S/C9H11NO4/c1-2-14-9(12)5-8(11)10-7-3-4-13-6-7/h3-4,6H,2,5H2,1H3,(H,10,11). The first-order valence-electron chi connectivity index (χ1n) is 4.20. The van der Waals surface area contributed by atoms with Gasteiger partial charge in [0.2, 0.25) is 5.91 Å². The molecule has 5 nitrogen and oxygen atoms in total. The lowest BCUT2D eigenvalue weighted by molar-refractivity contribution is -0.145. The summed E-state index contributed by atoms with van der Waals surface area (Å²) in [5.41, 5.74) is 0.527. The van der Waals surface area contributed by atoms with Gasteiger partial charge < -0.3 is 14.5 Å². The Morgan fingerprint density at radius 3 is 2.93 bits per heavy atom. The van der Waals surface area contributed by atoms with Crippen LogP contribution in [-0.4, -0.2) is 18.5 Å². The van der Waals surface area contributed by atoms with E-state index in [1.807, 2.05) is 0 Å². The Hall–Kier alpha value is -1.78. The van der Waals surface area contributed by atoms with E-state index >= 15 is 0 Å². The molecule has 1 rings (SSSR count). The molecule has 5 heteroatoms. The Morgan fingerprint density at radius 1 is 1.57 bits per heavy atom. The zero-order chi connectivity index (χ0) is 10.4. The van der Waals surface area contributed by atoms with E-state index < -0.39 is 11.9 Å². The van der Waals surface area contributed by atoms with Crippen LogP contribution in [0.2, 0.25) is 0 Å². The second-order valence-electron chi connectivity index (χ2n) is 2.54. The van der Waals surface area contributed by atoms with E-state index in [2.05, 4.69) is 10.1 Å². The van der Waals surface area contributed by atoms with Crippen LogP contribution in [0.25, 0.3) is 0 Å². The topological polar surface area (TPSA) is 68.5 Å². The number of anilines is 1. The van der Waals surface area contributed by atoms with Crippen LogP contribution in [0.15, 0.2) is 23.0 Å². The average Bonchev–Trinajstić information content (AvgIpc) is 2.56. The molecule has 0 spiro atoms. The van der Waals surface area contributed by atoms with Crippen LogP contribution in [0.1, 0.15) is 13.3 Å². The first-order chi connectivity index (χ1) is 6.72. The highest BCUT2D eigenvalue weighted by Crippen LogP contribution is 2.06. The van der Waals surface area contributed by atoms with E-state index in [1.54, 1.807) is 13.0 Å². The molecule has 0 bridgehead atoms. The van der Waals surface area contributed by atoms with E-state index in [-0.39, 0.29) is 13.0 Å². The second kappa shape index (κ2) is 5.06. The van der Waals surface area contributed by atoms with Crippen LogP contribution in [-0.2, 0) is 14.3 Å². The first kappa shape index (κ1) is 10.3. The van der Waals surface area contributed by atoms with Gasteiger partial charge in [0.25, 0.3) is 0 Å². The van der Waals surface area contributed by atoms with Crippen LogP contribution in [0.3, 0.4) is 0 Å². The molecule has 0 atom stereocenters. The molecule has 0 aliphatic heterocycles. The summed E-state index contributed by atoms with van der Waals surface area (Å²) in [6.45, 7) is 1.96. The van der Waals surface area contributed by atoms with Crippen LogP contribution < -0.4 is 5.32 Å². The second-order valence-corrected chi connectivity index (χ2v) is 2.54. The maximum absolute atomic E-state index is 11.1. The van der Waals surface area contributed by atoms with Crippen LogP contribution in [0, 0.1) is 0 Å². The van der Waals surface area contributed by atoms with Gasteiger partial charge in [-0.1, -0.05) is 0 Å². The number of carbonyl (C=O) groups excluding carboxylic acids is 2. The van der Waals surface area contributed by atoms with Crippen molar-refractivity contribution in [1.82, 2.24) is 0 Å². The summed E-state index contributed by atoms with van der Waals surface area (Å²) in [7, 11) is 0. The molecular weight excluding hydrogens is 186 g/mol. The van der Waals surface area contributed by atoms with Gasteiger partial charge >= 0.3 is 5.97 Å². The van der Waals surface area contributed by atoms with Crippen molar-refractivity contribution in [2.45, 2.75) is 13.3 Å². The largest absolute Gasteiger partial charge is 0.470 e. The van der Waals surface area contributed by atoms with Crippen LogP contribution in [0.5, 0.6) is 0 Å². The predicted molar refractivity (Wildman–Crippen MR) is 48.6 cm³/mol. The number of nitrogens with one attached hydrogen (secondary N) is 1. The van der Waals surface area contributed by atoms with Gasteiger partial charge in [-0.2, -0.15) is 0 Å². The van der Waals surface area contributed by atoms with Crippen LogP contribution >= 0.6 is 0 Å². The quantitative estimate of drug-likeness (QED) is 0.581. The van der Waals surface area contributed by atoms with Gasteiger partial charge in [-0.25, -0.2) is 0 Å². The van der Waals surface area contributed by atoms with Crippen LogP contribution in [0.4, 0.5) is 5.69 Å². The van der Waals surface area contributed by atoms with Gasteiger partial charge in [-0.05, 0) is 13.0 Å². The van der Waals surface area contributed by atoms with E-state index in [9.17, 15) is 9.59 Å². The molecule has 0 fully saturated rings. The fourth-order valence-corrected chi connectivity index (χ4v) is 0.884. The van der Waals surface area contributed by atoms with Crippen molar-refractivity contribution in [1.29, 1.82) is 0 Å². The minimum Gasteiger partial charge on any atom is -0.470 e. The van der Waals surface area contributed by atoms with Gasteiger partial charge in [0, 0.05) is 0 Å². The summed E-state index contributed by atoms with van der Waals surface area (Å²) in [4.78, 5) is 22.0. The molecule has 0 saturated carbocycles. The van der Waals surface area contributed by atoms with Gasteiger partial charge in [0.1, 0.15) is 12.7 Å². The van der Waals surface area contributed by atoms with Gasteiger partial charge in [0.15, 0.2) is 0 Å². The minimum absolute atomic E-state index is 0.276. The zero-order valence-electron chi connectivity index (χ0n) is 7.78. The van der Waals surface area contributed by atoms with Crippen molar-refractivity contribution in [3.63, 3.8) is 0 Å². The number of amides is 1. The highest BCUT2D eigenvalue weighted by molar-refractivity contribution is 6.01. The fraction of sp³-hybridized carbons (Fsp3) is 0.333. The Bertz CT molecular complexity index is 305. The number of ether oxygens (including phenoxy) is 1. The molecule has 1 aromatic rings. The molecule has 0 aromatic carbocycles. The molecule has 0 unspecified atom stereocenters. The van der Waals surface area contributed by atoms with Crippen molar-refractivity contribution >= 4 is 17.6 Å². The summed E-state index contributed by atoms with van der Waals surface area (Å²) >= 11 is 0. The number of hydrogen-bond donors (Lipinski definition) is 1. The molecule has 76 valence electrons. The van der Waals surface area contributed by atoms with Gasteiger partial charge in [0.05, 0.1) is 18.6 Å². The smallest absolute Gasteiger partial charge is 0.315 e. The number of rotatable bonds is 4. The molecule has 1 amide bonds. The SMILES string of the molecule is CCOC(=O)CC(=O)Nc1ccoc1. The lowest BCUT2D eigenvalue weighted by Crippen LogP contribution is -2.17. The van der Waals surface area contributed by atoms with Crippen molar-refractivity contribution in [2.75, 3.05) is 11.9 Å². The van der Waals surface area contributed by atoms with E-state index in [1.165, 1.54) is 12.5 Å². The van der Waals surface area contributed by atoms with E-state index in [0.717, 1.165) is 0 Å². The van der Waals surface area contributed by atoms with Crippen molar-refractivity contribution in [3.05, 3.63) is 18.6 Å². The first-order valence-corrected chi connectivity index (χ1v) is 4.20. The number of furan rings is 1. The summed E-state index contributed by atoms with van der Waals surface area (Å²) in [5.74, 6) is -0.946. The lowest BCUT2D eigenvalue weighted by Gasteiger charge is -2.01. The third kappa shape index (κ3) is 3.30. The summed E-state index contributed by atoms with van der Waals surface area (Å²) < 4.78 is 9.35. The Kier molecular flexibility index (Phi) is 3.72. The molecule has 1 aromatic heterocycles. The van der Waals surface area contributed by atoms with E-state index in [4.69, 9.17) is 4.42 Å². The maximum Gasteiger partial charge on any atom is 0.315 e. The van der Waals surface area contributed by atoms with E-state index in [0.29, 0.717) is 5.69 Å². The zero-order valence-corrected chi connectivity index (χ0v) is 7.78. The lowest BCUT2D eigenvalue weighted by atomic mass is 10.4. The minimum atomic E-state index is -0.534. The Labute approximate surface area is 81.0 Å². The van der Waals surface area contributed by atoms with Crippen molar-refractivity contribution in [3.8, 4) is 0 Å². The van der Waals surface area contributed by atoms with Gasteiger partial charge in [-0.15, -0.1) is 0 Å². The molecule has 1 N–H and O–H groups in total. The summed E-state index contributed by atoms with van der Waals surface area (Å²) in [6.07, 6.45) is 2.53. The molecule has 14 heavy (non-hydrogen) atoms. The fourth-order valence-electron chi connectivity index (χ4n) is 0.884. The molecule has 1 heterocycles. The Balaban J connectivity index is 2.33. The third-order valence-corrected chi connectivity index (χ3v) is 1.42. The normalized spacial score (nSPS) is 9.50. The predicted octanol–water partition coefficient (Wildman–Crippen LogP) is 1.17. The van der Waals surface area contributed by atoms with Gasteiger partial charge in [-0.3, -0.25) is 9.59 Å². The highest BCUT2D eigenvalue weighted by Gasteiger charge is 2.10. The number of carbonyl (C=O) groups is 2. The molecule has 0 saturated heterocycles. The maximum atomic E-state index is 11.1. The average molecular weight is 197 g/mol. The molecule has 0 radical (unpaired) electrons. The Morgan fingerprint density at radius 2 is 2.36 bits per heavy atom. The molecular formula is C9H11NO4. The van der Waals surface area contributed by atoms with Crippen molar-refractivity contribution in [2.24, 2.45) is 0 Å². The third-order valence-electron chi connectivity index (χ3n) is 1.42. The van der Waals surface area contributed by atoms with Crippen molar-refractivity contribution < 1.29 is 18.7 Å². The number of esters is 1. The highest BCUT2D eigenvalue weighted by atomic mass is 16.5. The molecule has 0 aliphatic rings.